The lowest BCUT2D eigenvalue weighted by atomic mass is 9.90. The smallest absolute Gasteiger partial charge is 0.251 e. The normalized spacial score (nSPS) is 16.3. The van der Waals surface area contributed by atoms with Gasteiger partial charge in [0.1, 0.15) is 0 Å². The summed E-state index contributed by atoms with van der Waals surface area (Å²) >= 11 is 0. The first-order valence-electron chi connectivity index (χ1n) is 8.14. The van der Waals surface area contributed by atoms with Gasteiger partial charge < -0.3 is 10.3 Å². The number of nitrogens with zero attached hydrogens (tertiary/aromatic N) is 1. The van der Waals surface area contributed by atoms with Crippen molar-refractivity contribution >= 4 is 27.9 Å². The summed E-state index contributed by atoms with van der Waals surface area (Å²) < 4.78 is 0. The molecule has 1 aliphatic heterocycles. The Balaban J connectivity index is 0.00000192. The Morgan fingerprint density at radius 1 is 1.17 bits per heavy atom. The number of nitrogens with one attached hydrogen (secondary N) is 2. The summed E-state index contributed by atoms with van der Waals surface area (Å²) in [7, 11) is 0. The Hall–Kier alpha value is -1.17. The van der Waals surface area contributed by atoms with E-state index in [0.29, 0.717) is 0 Å². The van der Waals surface area contributed by atoms with Gasteiger partial charge in [-0.1, -0.05) is 19.1 Å². The van der Waals surface area contributed by atoms with Crippen LogP contribution in [0.1, 0.15) is 31.9 Å². The van der Waals surface area contributed by atoms with E-state index >= 15 is 0 Å². The average Bonchev–Trinajstić information content (AvgIpc) is 2.54. The van der Waals surface area contributed by atoms with Gasteiger partial charge in [0.05, 0.1) is 0 Å². The first-order chi connectivity index (χ1) is 10.5. The van der Waals surface area contributed by atoms with E-state index in [2.05, 4.69) is 47.2 Å². The monoisotopic (exact) mass is 379 g/mol. The van der Waals surface area contributed by atoms with Crippen molar-refractivity contribution in [1.29, 1.82) is 0 Å². The second-order valence-electron chi connectivity index (χ2n) is 6.58. The van der Waals surface area contributed by atoms with Crippen LogP contribution >= 0.6 is 17.0 Å². The van der Waals surface area contributed by atoms with Crippen molar-refractivity contribution in [3.63, 3.8) is 0 Å². The number of halogens is 1. The van der Waals surface area contributed by atoms with Crippen LogP contribution in [0.25, 0.3) is 10.9 Å². The summed E-state index contributed by atoms with van der Waals surface area (Å²) in [6.07, 6.45) is 0.763. The molecule has 0 spiro atoms. The van der Waals surface area contributed by atoms with E-state index < -0.39 is 0 Å². The van der Waals surface area contributed by atoms with Crippen molar-refractivity contribution in [2.45, 2.75) is 32.7 Å². The third kappa shape index (κ3) is 3.52. The predicted molar refractivity (Wildman–Crippen MR) is 102 cm³/mol. The van der Waals surface area contributed by atoms with Crippen LogP contribution in [0.3, 0.4) is 0 Å². The highest BCUT2D eigenvalue weighted by Gasteiger charge is 2.29. The molecular formula is C18H26BrN3O. The molecule has 1 aliphatic rings. The molecule has 2 aromatic rings. The number of hydrogen-bond acceptors (Lipinski definition) is 3. The van der Waals surface area contributed by atoms with Crippen molar-refractivity contribution in [1.82, 2.24) is 15.2 Å². The number of fused-ring (bicyclic) bond motifs is 1. The maximum atomic E-state index is 12.1. The van der Waals surface area contributed by atoms with Crippen LogP contribution < -0.4 is 10.9 Å². The maximum Gasteiger partial charge on any atom is 0.251 e. The largest absolute Gasteiger partial charge is 0.322 e. The Bertz CT molecular complexity index is 733. The summed E-state index contributed by atoms with van der Waals surface area (Å²) in [6, 6.07) is 8.47. The lowest BCUT2D eigenvalue weighted by molar-refractivity contribution is 0.103. The molecule has 126 valence electrons. The van der Waals surface area contributed by atoms with Gasteiger partial charge in [0.2, 0.25) is 0 Å². The molecule has 0 unspecified atom stereocenters. The first-order valence-corrected chi connectivity index (χ1v) is 8.14. The highest BCUT2D eigenvalue weighted by atomic mass is 79.9. The molecule has 1 aromatic carbocycles. The molecule has 1 saturated heterocycles. The molecule has 3 rings (SSSR count). The molecule has 5 heteroatoms. The number of hydrogen-bond donors (Lipinski definition) is 2. The van der Waals surface area contributed by atoms with Crippen LogP contribution in [0.15, 0.2) is 29.1 Å². The van der Waals surface area contributed by atoms with Gasteiger partial charge in [-0.05, 0) is 43.4 Å². The van der Waals surface area contributed by atoms with Crippen molar-refractivity contribution < 1.29 is 0 Å². The first kappa shape index (κ1) is 18.2. The van der Waals surface area contributed by atoms with Crippen LogP contribution in [0.2, 0.25) is 0 Å². The molecule has 1 fully saturated rings. The lowest BCUT2D eigenvalue weighted by Gasteiger charge is -2.41. The highest BCUT2D eigenvalue weighted by Crippen LogP contribution is 2.29. The van der Waals surface area contributed by atoms with Crippen molar-refractivity contribution in [3.8, 4) is 0 Å². The third-order valence-electron chi connectivity index (χ3n) is 4.92. The molecule has 0 saturated carbocycles. The predicted octanol–water partition coefficient (Wildman–Crippen LogP) is 2.81. The average molecular weight is 380 g/mol. The minimum absolute atomic E-state index is 0. The van der Waals surface area contributed by atoms with Crippen molar-refractivity contribution in [3.05, 3.63) is 45.7 Å². The summed E-state index contributed by atoms with van der Waals surface area (Å²) in [4.78, 5) is 17.6. The number of piperazine rings is 1. The van der Waals surface area contributed by atoms with Crippen LogP contribution in [0, 0.1) is 0 Å². The number of pyridine rings is 1. The quantitative estimate of drug-likeness (QED) is 0.861. The van der Waals surface area contributed by atoms with Crippen molar-refractivity contribution in [2.24, 2.45) is 0 Å². The SMILES string of the molecule is Br.CCc1cc2ccc(C(C)(C)N3CCNCC3)cc2[nH]c1=O. The zero-order chi connectivity index (χ0) is 15.7. The molecule has 0 radical (unpaired) electrons. The highest BCUT2D eigenvalue weighted by molar-refractivity contribution is 8.93. The van der Waals surface area contributed by atoms with Crippen LogP contribution in [0.5, 0.6) is 0 Å². The second kappa shape index (κ2) is 7.16. The molecule has 0 atom stereocenters. The zero-order valence-corrected chi connectivity index (χ0v) is 15.8. The summed E-state index contributed by atoms with van der Waals surface area (Å²) in [5.74, 6) is 0. The van der Waals surface area contributed by atoms with E-state index in [1.807, 2.05) is 13.0 Å². The Morgan fingerprint density at radius 3 is 2.52 bits per heavy atom. The van der Waals surface area contributed by atoms with Gasteiger partial charge in [0.15, 0.2) is 0 Å². The van der Waals surface area contributed by atoms with Gasteiger partial charge in [-0.2, -0.15) is 0 Å². The number of aromatic amines is 1. The van der Waals surface area contributed by atoms with Gasteiger partial charge in [-0.3, -0.25) is 9.69 Å². The fourth-order valence-electron chi connectivity index (χ4n) is 3.30. The van der Waals surface area contributed by atoms with E-state index in [1.54, 1.807) is 0 Å². The van der Waals surface area contributed by atoms with Gasteiger partial charge in [0, 0.05) is 42.8 Å². The van der Waals surface area contributed by atoms with E-state index in [0.717, 1.165) is 49.1 Å². The molecule has 2 heterocycles. The molecule has 0 bridgehead atoms. The summed E-state index contributed by atoms with van der Waals surface area (Å²) in [6.45, 7) is 10.7. The van der Waals surface area contributed by atoms with Crippen LogP contribution in [-0.4, -0.2) is 36.1 Å². The number of H-pyrrole nitrogens is 1. The Kier molecular flexibility index (Phi) is 5.65. The molecule has 0 amide bonds. The Morgan fingerprint density at radius 2 is 1.87 bits per heavy atom. The number of aromatic nitrogens is 1. The second-order valence-corrected chi connectivity index (χ2v) is 6.58. The van der Waals surface area contributed by atoms with Gasteiger partial charge >= 0.3 is 0 Å². The lowest BCUT2D eigenvalue weighted by Crippen LogP contribution is -2.51. The fourth-order valence-corrected chi connectivity index (χ4v) is 3.30. The molecule has 1 aromatic heterocycles. The van der Waals surface area contributed by atoms with Crippen LogP contribution in [-0.2, 0) is 12.0 Å². The van der Waals surface area contributed by atoms with Crippen molar-refractivity contribution in [2.75, 3.05) is 26.2 Å². The molecule has 0 aliphatic carbocycles. The molecule has 2 N–H and O–H groups in total. The van der Waals surface area contributed by atoms with Gasteiger partial charge in [0.25, 0.3) is 5.56 Å². The minimum Gasteiger partial charge on any atom is -0.322 e. The fraction of sp³-hybridized carbons (Fsp3) is 0.500. The summed E-state index contributed by atoms with van der Waals surface area (Å²) in [5.41, 5.74) is 3.04. The maximum absolute atomic E-state index is 12.1. The Labute approximate surface area is 148 Å². The third-order valence-corrected chi connectivity index (χ3v) is 4.92. The standard InChI is InChI=1S/C18H25N3O.BrH/c1-4-13-11-14-5-6-15(12-16(14)20-17(13)22)18(2,3)21-9-7-19-8-10-21;/h5-6,11-12,19H,4,7-10H2,1-3H3,(H,20,22);1H. The van der Waals surface area contributed by atoms with E-state index in [1.165, 1.54) is 5.56 Å². The van der Waals surface area contributed by atoms with Crippen LogP contribution in [0.4, 0.5) is 0 Å². The minimum atomic E-state index is -0.0311. The van der Waals surface area contributed by atoms with Gasteiger partial charge in [-0.25, -0.2) is 0 Å². The molecule has 4 nitrogen and oxygen atoms in total. The number of rotatable bonds is 3. The topological polar surface area (TPSA) is 48.1 Å². The zero-order valence-electron chi connectivity index (χ0n) is 14.1. The molecule has 23 heavy (non-hydrogen) atoms. The molecular weight excluding hydrogens is 354 g/mol. The number of benzene rings is 1. The number of aryl methyl sites for hydroxylation is 1. The van der Waals surface area contributed by atoms with E-state index in [-0.39, 0.29) is 28.1 Å². The summed E-state index contributed by atoms with van der Waals surface area (Å²) in [5, 5.41) is 4.51. The van der Waals surface area contributed by atoms with E-state index in [4.69, 9.17) is 0 Å². The van der Waals surface area contributed by atoms with E-state index in [9.17, 15) is 4.79 Å². The van der Waals surface area contributed by atoms with Gasteiger partial charge in [-0.15, -0.1) is 17.0 Å².